The summed E-state index contributed by atoms with van der Waals surface area (Å²) in [6.07, 6.45) is 7.00. The fourth-order valence-electron chi connectivity index (χ4n) is 2.39. The molecule has 0 aliphatic heterocycles. The molecule has 0 radical (unpaired) electrons. The van der Waals surface area contributed by atoms with Crippen LogP contribution in [0, 0.1) is 0 Å². The SMILES string of the molecule is COc1ccc(NC(N)=NCCC2=CCCC2)cc1OC.I. The molecule has 0 atom stereocenters. The molecule has 0 heterocycles. The summed E-state index contributed by atoms with van der Waals surface area (Å²) >= 11 is 0. The van der Waals surface area contributed by atoms with Gasteiger partial charge in [-0.3, -0.25) is 4.99 Å². The molecule has 5 nitrogen and oxygen atoms in total. The standard InChI is InChI=1S/C16H23N3O2.HI/c1-20-14-8-7-13(11-15(14)21-2)19-16(17)18-10-9-12-5-3-4-6-12;/h5,7-8,11H,3-4,6,9-10H2,1-2H3,(H3,17,18,19);1H. The smallest absolute Gasteiger partial charge is 0.193 e. The van der Waals surface area contributed by atoms with Gasteiger partial charge in [-0.2, -0.15) is 0 Å². The van der Waals surface area contributed by atoms with Crippen LogP contribution in [0.3, 0.4) is 0 Å². The summed E-state index contributed by atoms with van der Waals surface area (Å²) in [5.74, 6) is 1.76. The van der Waals surface area contributed by atoms with Gasteiger partial charge in [0.15, 0.2) is 17.5 Å². The zero-order chi connectivity index (χ0) is 15.1. The first-order valence-corrected chi connectivity index (χ1v) is 7.20. The Morgan fingerprint density at radius 1 is 1.27 bits per heavy atom. The number of rotatable bonds is 6. The number of aliphatic imine (C=N–C) groups is 1. The van der Waals surface area contributed by atoms with Gasteiger partial charge < -0.3 is 20.5 Å². The molecule has 2 rings (SSSR count). The molecule has 0 spiro atoms. The van der Waals surface area contributed by atoms with E-state index in [1.165, 1.54) is 24.8 Å². The van der Waals surface area contributed by atoms with E-state index in [4.69, 9.17) is 15.2 Å². The Morgan fingerprint density at radius 2 is 2.05 bits per heavy atom. The number of benzene rings is 1. The third kappa shape index (κ3) is 5.40. The maximum atomic E-state index is 5.90. The van der Waals surface area contributed by atoms with Crippen LogP contribution in [0.1, 0.15) is 25.7 Å². The number of ether oxygens (including phenoxy) is 2. The lowest BCUT2D eigenvalue weighted by Crippen LogP contribution is -2.22. The number of guanidine groups is 1. The summed E-state index contributed by atoms with van der Waals surface area (Å²) in [7, 11) is 3.22. The van der Waals surface area contributed by atoms with Crippen LogP contribution in [-0.4, -0.2) is 26.7 Å². The minimum absolute atomic E-state index is 0. The molecule has 6 heteroatoms. The Kier molecular flexibility index (Phi) is 8.08. The molecule has 0 unspecified atom stereocenters. The van der Waals surface area contributed by atoms with Crippen LogP contribution >= 0.6 is 24.0 Å². The van der Waals surface area contributed by atoms with E-state index in [0.717, 1.165) is 18.7 Å². The van der Waals surface area contributed by atoms with Crippen molar-refractivity contribution >= 4 is 35.6 Å². The van der Waals surface area contributed by atoms with Gasteiger partial charge in [-0.25, -0.2) is 0 Å². The first kappa shape index (κ1) is 18.6. The summed E-state index contributed by atoms with van der Waals surface area (Å²) < 4.78 is 10.5. The Morgan fingerprint density at radius 3 is 2.68 bits per heavy atom. The van der Waals surface area contributed by atoms with Crippen LogP contribution in [0.2, 0.25) is 0 Å². The number of methoxy groups -OCH3 is 2. The maximum absolute atomic E-state index is 5.90. The monoisotopic (exact) mass is 417 g/mol. The van der Waals surface area contributed by atoms with Crippen molar-refractivity contribution in [2.75, 3.05) is 26.1 Å². The van der Waals surface area contributed by atoms with Gasteiger partial charge >= 0.3 is 0 Å². The summed E-state index contributed by atoms with van der Waals surface area (Å²) in [6, 6.07) is 5.54. The number of nitrogens with two attached hydrogens (primary N) is 1. The molecule has 1 aromatic carbocycles. The van der Waals surface area contributed by atoms with Gasteiger partial charge in [0.25, 0.3) is 0 Å². The topological polar surface area (TPSA) is 68.9 Å². The van der Waals surface area contributed by atoms with Crippen molar-refractivity contribution < 1.29 is 9.47 Å². The van der Waals surface area contributed by atoms with Gasteiger partial charge in [0.2, 0.25) is 0 Å². The van der Waals surface area contributed by atoms with E-state index < -0.39 is 0 Å². The van der Waals surface area contributed by atoms with Crippen molar-refractivity contribution in [3.8, 4) is 11.5 Å². The number of nitrogens with one attached hydrogen (secondary N) is 1. The second-order valence-electron chi connectivity index (χ2n) is 4.97. The number of allylic oxidation sites excluding steroid dienone is 1. The highest BCUT2D eigenvalue weighted by Gasteiger charge is 2.06. The maximum Gasteiger partial charge on any atom is 0.193 e. The molecule has 0 bridgehead atoms. The third-order valence-electron chi connectivity index (χ3n) is 3.51. The lowest BCUT2D eigenvalue weighted by molar-refractivity contribution is 0.355. The molecule has 0 fully saturated rings. The van der Waals surface area contributed by atoms with Crippen molar-refractivity contribution in [1.29, 1.82) is 0 Å². The highest BCUT2D eigenvalue weighted by Crippen LogP contribution is 2.29. The molecule has 22 heavy (non-hydrogen) atoms. The molecule has 1 aliphatic rings. The van der Waals surface area contributed by atoms with Crippen LogP contribution in [0.5, 0.6) is 11.5 Å². The molecule has 1 aliphatic carbocycles. The Labute approximate surface area is 149 Å². The van der Waals surface area contributed by atoms with E-state index in [-0.39, 0.29) is 24.0 Å². The third-order valence-corrected chi connectivity index (χ3v) is 3.51. The van der Waals surface area contributed by atoms with Crippen molar-refractivity contribution in [3.05, 3.63) is 29.8 Å². The Bertz CT molecular complexity index is 544. The highest BCUT2D eigenvalue weighted by atomic mass is 127. The van der Waals surface area contributed by atoms with E-state index in [0.29, 0.717) is 17.5 Å². The van der Waals surface area contributed by atoms with E-state index in [2.05, 4.69) is 16.4 Å². The number of halogens is 1. The molecule has 122 valence electrons. The largest absolute Gasteiger partial charge is 0.493 e. The van der Waals surface area contributed by atoms with Crippen LogP contribution in [0.15, 0.2) is 34.8 Å². The molecule has 0 aromatic heterocycles. The molecule has 3 N–H and O–H groups in total. The van der Waals surface area contributed by atoms with E-state index in [1.807, 2.05) is 18.2 Å². The zero-order valence-electron chi connectivity index (χ0n) is 13.1. The first-order valence-electron chi connectivity index (χ1n) is 7.20. The van der Waals surface area contributed by atoms with Crippen molar-refractivity contribution in [1.82, 2.24) is 0 Å². The molecule has 0 amide bonds. The number of nitrogens with zero attached hydrogens (tertiary/aromatic N) is 1. The van der Waals surface area contributed by atoms with Crippen molar-refractivity contribution in [2.45, 2.75) is 25.7 Å². The number of hydrogen-bond donors (Lipinski definition) is 2. The average Bonchev–Trinajstić information content (AvgIpc) is 3.00. The van der Waals surface area contributed by atoms with Crippen molar-refractivity contribution in [2.24, 2.45) is 10.7 Å². The molecular formula is C16H24IN3O2. The molecule has 0 saturated carbocycles. The lowest BCUT2D eigenvalue weighted by atomic mass is 10.2. The summed E-state index contributed by atoms with van der Waals surface area (Å²) in [5, 5.41) is 3.07. The van der Waals surface area contributed by atoms with Gasteiger partial charge in [-0.1, -0.05) is 11.6 Å². The predicted octanol–water partition coefficient (Wildman–Crippen LogP) is 3.55. The van der Waals surface area contributed by atoms with Crippen LogP contribution in [0.25, 0.3) is 0 Å². The lowest BCUT2D eigenvalue weighted by Gasteiger charge is -2.11. The predicted molar refractivity (Wildman–Crippen MR) is 102 cm³/mol. The second kappa shape index (κ2) is 9.55. The van der Waals surface area contributed by atoms with Gasteiger partial charge in [0, 0.05) is 18.3 Å². The quantitative estimate of drug-likeness (QED) is 0.322. The first-order chi connectivity index (χ1) is 10.2. The fraction of sp³-hybridized carbons (Fsp3) is 0.438. The molecular weight excluding hydrogens is 393 g/mol. The average molecular weight is 417 g/mol. The normalized spacial score (nSPS) is 14.1. The van der Waals surface area contributed by atoms with E-state index in [1.54, 1.807) is 14.2 Å². The fourth-order valence-corrected chi connectivity index (χ4v) is 2.39. The zero-order valence-corrected chi connectivity index (χ0v) is 15.4. The van der Waals surface area contributed by atoms with Crippen molar-refractivity contribution in [3.63, 3.8) is 0 Å². The van der Waals surface area contributed by atoms with E-state index >= 15 is 0 Å². The Balaban J connectivity index is 0.00000242. The summed E-state index contributed by atoms with van der Waals surface area (Å²) in [5.41, 5.74) is 8.23. The molecule has 1 aromatic rings. The number of hydrogen-bond acceptors (Lipinski definition) is 3. The van der Waals surface area contributed by atoms with E-state index in [9.17, 15) is 0 Å². The van der Waals surface area contributed by atoms with Gasteiger partial charge in [-0.15, -0.1) is 24.0 Å². The second-order valence-corrected chi connectivity index (χ2v) is 4.97. The minimum Gasteiger partial charge on any atom is -0.493 e. The Hall–Kier alpha value is -1.44. The highest BCUT2D eigenvalue weighted by molar-refractivity contribution is 14.0. The number of anilines is 1. The van der Waals surface area contributed by atoms with Crippen LogP contribution in [-0.2, 0) is 0 Å². The summed E-state index contributed by atoms with van der Waals surface area (Å²) in [4.78, 5) is 4.35. The summed E-state index contributed by atoms with van der Waals surface area (Å²) in [6.45, 7) is 0.720. The van der Waals surface area contributed by atoms with Gasteiger partial charge in [-0.05, 0) is 37.8 Å². The van der Waals surface area contributed by atoms with Crippen LogP contribution < -0.4 is 20.5 Å². The molecule has 0 saturated heterocycles. The van der Waals surface area contributed by atoms with Gasteiger partial charge in [0.05, 0.1) is 14.2 Å². The van der Waals surface area contributed by atoms with Gasteiger partial charge in [0.1, 0.15) is 0 Å². The van der Waals surface area contributed by atoms with Crippen LogP contribution in [0.4, 0.5) is 5.69 Å². The minimum atomic E-state index is 0.